The third-order valence-corrected chi connectivity index (χ3v) is 5.80. The molecule has 2 N–H and O–H groups in total. The van der Waals surface area contributed by atoms with E-state index < -0.39 is 20.5 Å². The summed E-state index contributed by atoms with van der Waals surface area (Å²) in [6, 6.07) is 4.53. The molecule has 1 heterocycles. The van der Waals surface area contributed by atoms with Crippen LogP contribution in [0.3, 0.4) is 0 Å². The molecule has 27 heavy (non-hydrogen) atoms. The van der Waals surface area contributed by atoms with Gasteiger partial charge in [-0.25, -0.2) is 8.42 Å². The van der Waals surface area contributed by atoms with Crippen molar-refractivity contribution < 1.29 is 31.7 Å². The fourth-order valence-electron chi connectivity index (χ4n) is 2.83. The molecule has 0 unspecified atom stereocenters. The summed E-state index contributed by atoms with van der Waals surface area (Å²) in [4.78, 5) is 26.4. The molecule has 1 aliphatic heterocycles. The van der Waals surface area contributed by atoms with E-state index in [1.54, 1.807) is 4.90 Å². The second-order valence-corrected chi connectivity index (χ2v) is 8.32. The Hall–Kier alpha value is -2.07. The monoisotopic (exact) mass is 404 g/mol. The maximum Gasteiger partial charge on any atom is 0.341 e. The van der Waals surface area contributed by atoms with Gasteiger partial charge >= 0.3 is 5.76 Å². The molecular weight excluding hydrogens is 380 g/mol. The van der Waals surface area contributed by atoms with Crippen molar-refractivity contribution in [1.29, 1.82) is 0 Å². The zero-order valence-electron chi connectivity index (χ0n) is 15.1. The molecule has 0 aromatic heterocycles. The number of carbonyl (C=O) groups is 2. The van der Waals surface area contributed by atoms with Crippen molar-refractivity contribution in [3.05, 3.63) is 29.8 Å². The molecule has 0 atom stereocenters. The highest BCUT2D eigenvalue weighted by Gasteiger charge is 2.28. The first-order chi connectivity index (χ1) is 12.8. The number of hydrogen-bond donors (Lipinski definition) is 2. The van der Waals surface area contributed by atoms with Crippen LogP contribution in [0, 0.1) is 0 Å². The highest BCUT2D eigenvalue weighted by molar-refractivity contribution is 7.91. The molecule has 0 aliphatic carbocycles. The number of quaternary nitrogens is 1. The molecular formula is C17H24F2N3O4S+. The zero-order chi connectivity index (χ0) is 20.0. The van der Waals surface area contributed by atoms with Crippen molar-refractivity contribution in [2.75, 3.05) is 39.3 Å². The van der Waals surface area contributed by atoms with Crippen LogP contribution in [0.5, 0.6) is 0 Å². The number of amides is 2. The van der Waals surface area contributed by atoms with Crippen LogP contribution in [0.4, 0.5) is 8.78 Å². The van der Waals surface area contributed by atoms with Gasteiger partial charge in [0.1, 0.15) is 0 Å². The summed E-state index contributed by atoms with van der Waals surface area (Å²) in [7, 11) is -4.67. The molecule has 1 fully saturated rings. The Labute approximate surface area is 157 Å². The fraction of sp³-hybridized carbons (Fsp3) is 0.529. The molecule has 0 saturated carbocycles. The molecule has 2 rings (SSSR count). The summed E-state index contributed by atoms with van der Waals surface area (Å²) in [5.74, 6) is -3.79. The van der Waals surface area contributed by atoms with Crippen LogP contribution >= 0.6 is 0 Å². The largest absolute Gasteiger partial charge is 0.351 e. The lowest BCUT2D eigenvalue weighted by molar-refractivity contribution is -0.896. The number of carbonyl (C=O) groups excluding carboxylic acids is 2. The van der Waals surface area contributed by atoms with Gasteiger partial charge in [-0.15, -0.1) is 0 Å². The lowest BCUT2D eigenvalue weighted by Crippen LogP contribution is -3.15. The first-order valence-corrected chi connectivity index (χ1v) is 10.3. The SMILES string of the molecule is CCCNC(=O)C[NH+]1CCN(C(=O)c2ccc(S(=O)(=O)C(F)F)cc2)CC1. The highest BCUT2D eigenvalue weighted by Crippen LogP contribution is 2.19. The summed E-state index contributed by atoms with van der Waals surface area (Å²) in [6.07, 6.45) is 0.876. The van der Waals surface area contributed by atoms with Crippen LogP contribution in [-0.4, -0.2) is 70.2 Å². The molecule has 10 heteroatoms. The summed E-state index contributed by atoms with van der Waals surface area (Å²) in [5.41, 5.74) is 0.243. The van der Waals surface area contributed by atoms with Crippen LogP contribution in [0.1, 0.15) is 23.7 Å². The lowest BCUT2D eigenvalue weighted by Gasteiger charge is -2.32. The average Bonchev–Trinajstić information content (AvgIpc) is 2.66. The molecule has 0 spiro atoms. The average molecular weight is 404 g/mol. The molecule has 1 aliphatic rings. The number of hydrogen-bond acceptors (Lipinski definition) is 4. The Bertz CT molecular complexity index is 761. The molecule has 2 amide bonds. The molecule has 1 saturated heterocycles. The smallest absolute Gasteiger partial charge is 0.341 e. The zero-order valence-corrected chi connectivity index (χ0v) is 15.9. The Morgan fingerprint density at radius 3 is 2.30 bits per heavy atom. The van der Waals surface area contributed by atoms with E-state index in [1.807, 2.05) is 6.92 Å². The van der Waals surface area contributed by atoms with Gasteiger partial charge < -0.3 is 15.1 Å². The van der Waals surface area contributed by atoms with Crippen molar-refractivity contribution in [2.24, 2.45) is 0 Å². The first-order valence-electron chi connectivity index (χ1n) is 8.77. The van der Waals surface area contributed by atoms with Crippen LogP contribution < -0.4 is 10.2 Å². The lowest BCUT2D eigenvalue weighted by atomic mass is 10.2. The molecule has 0 bridgehead atoms. The summed E-state index contributed by atoms with van der Waals surface area (Å²) in [5, 5.41) is 2.82. The van der Waals surface area contributed by atoms with Crippen LogP contribution in [-0.2, 0) is 14.6 Å². The number of halogens is 2. The number of alkyl halides is 2. The van der Waals surface area contributed by atoms with E-state index in [0.29, 0.717) is 39.3 Å². The van der Waals surface area contributed by atoms with Gasteiger partial charge in [-0.3, -0.25) is 9.59 Å². The minimum atomic E-state index is -4.67. The van der Waals surface area contributed by atoms with Gasteiger partial charge in [0.05, 0.1) is 31.1 Å². The van der Waals surface area contributed by atoms with E-state index in [-0.39, 0.29) is 17.4 Å². The number of benzene rings is 1. The number of nitrogens with zero attached hydrogens (tertiary/aromatic N) is 1. The molecule has 1 aromatic carbocycles. The third kappa shape index (κ3) is 5.46. The predicted molar refractivity (Wildman–Crippen MR) is 94.4 cm³/mol. The summed E-state index contributed by atoms with van der Waals surface area (Å²) >= 11 is 0. The minimum absolute atomic E-state index is 0.0116. The third-order valence-electron chi connectivity index (χ3n) is 4.40. The minimum Gasteiger partial charge on any atom is -0.351 e. The maximum atomic E-state index is 12.5. The Kier molecular flexibility index (Phi) is 7.25. The Morgan fingerprint density at radius 2 is 1.78 bits per heavy atom. The summed E-state index contributed by atoms with van der Waals surface area (Å²) < 4.78 is 47.9. The van der Waals surface area contributed by atoms with E-state index in [0.717, 1.165) is 23.5 Å². The van der Waals surface area contributed by atoms with E-state index in [2.05, 4.69) is 5.32 Å². The molecule has 7 nitrogen and oxygen atoms in total. The van der Waals surface area contributed by atoms with Gasteiger partial charge in [0, 0.05) is 12.1 Å². The van der Waals surface area contributed by atoms with Crippen LogP contribution in [0.2, 0.25) is 0 Å². The van der Waals surface area contributed by atoms with E-state index in [9.17, 15) is 26.8 Å². The van der Waals surface area contributed by atoms with Gasteiger partial charge in [0.2, 0.25) is 9.84 Å². The van der Waals surface area contributed by atoms with Crippen LogP contribution in [0.15, 0.2) is 29.2 Å². The van der Waals surface area contributed by atoms with Gasteiger partial charge in [-0.1, -0.05) is 6.92 Å². The first kappa shape index (κ1) is 21.2. The van der Waals surface area contributed by atoms with Crippen molar-refractivity contribution in [3.63, 3.8) is 0 Å². The second kappa shape index (κ2) is 9.23. The summed E-state index contributed by atoms with van der Waals surface area (Å²) in [6.45, 7) is 5.17. The normalized spacial score (nSPS) is 15.8. The van der Waals surface area contributed by atoms with Gasteiger partial charge in [-0.2, -0.15) is 8.78 Å². The van der Waals surface area contributed by atoms with Crippen LogP contribution in [0.25, 0.3) is 0 Å². The number of piperazine rings is 1. The van der Waals surface area contributed by atoms with Gasteiger partial charge in [-0.05, 0) is 30.7 Å². The van der Waals surface area contributed by atoms with Crippen molar-refractivity contribution in [2.45, 2.75) is 24.0 Å². The Balaban J connectivity index is 1.91. The van der Waals surface area contributed by atoms with E-state index >= 15 is 0 Å². The van der Waals surface area contributed by atoms with Gasteiger partial charge in [0.25, 0.3) is 11.8 Å². The fourth-order valence-corrected chi connectivity index (χ4v) is 3.55. The van der Waals surface area contributed by atoms with Crippen molar-refractivity contribution >= 4 is 21.7 Å². The maximum absolute atomic E-state index is 12.5. The standard InChI is InChI=1S/C17H23F2N3O4S/c1-2-7-20-15(23)12-21-8-10-22(11-9-21)16(24)13-3-5-14(6-4-13)27(25,26)17(18)19/h3-6,17H,2,7-12H2,1H3,(H,20,23)/p+1. The molecule has 150 valence electrons. The highest BCUT2D eigenvalue weighted by atomic mass is 32.2. The second-order valence-electron chi connectivity index (χ2n) is 6.40. The number of rotatable bonds is 7. The van der Waals surface area contributed by atoms with E-state index in [1.165, 1.54) is 12.1 Å². The van der Waals surface area contributed by atoms with E-state index in [4.69, 9.17) is 0 Å². The Morgan fingerprint density at radius 1 is 1.19 bits per heavy atom. The quantitative estimate of drug-likeness (QED) is 0.645. The van der Waals surface area contributed by atoms with Crippen molar-refractivity contribution in [3.8, 4) is 0 Å². The number of nitrogens with one attached hydrogen (secondary N) is 2. The predicted octanol–water partition coefficient (Wildman–Crippen LogP) is -0.450. The van der Waals surface area contributed by atoms with Gasteiger partial charge in [0.15, 0.2) is 6.54 Å². The molecule has 0 radical (unpaired) electrons. The topological polar surface area (TPSA) is 88.0 Å². The molecule has 1 aromatic rings. The van der Waals surface area contributed by atoms with Crippen molar-refractivity contribution in [1.82, 2.24) is 10.2 Å². The number of sulfone groups is 1.